The first kappa shape index (κ1) is 13.1. The zero-order valence-electron chi connectivity index (χ0n) is 11.0. The van der Waals surface area contributed by atoms with E-state index in [1.807, 2.05) is 13.0 Å². The van der Waals surface area contributed by atoms with E-state index < -0.39 is 0 Å². The van der Waals surface area contributed by atoms with Gasteiger partial charge in [0.15, 0.2) is 11.5 Å². The van der Waals surface area contributed by atoms with Crippen molar-refractivity contribution in [3.63, 3.8) is 0 Å². The van der Waals surface area contributed by atoms with Crippen molar-refractivity contribution < 1.29 is 9.47 Å². The Bertz CT molecular complexity index is 264. The summed E-state index contributed by atoms with van der Waals surface area (Å²) < 4.78 is 11.1. The van der Waals surface area contributed by atoms with Crippen molar-refractivity contribution >= 4 is 0 Å². The van der Waals surface area contributed by atoms with Crippen molar-refractivity contribution in [2.45, 2.75) is 40.5 Å². The Hall–Kier alpha value is -0.920. The molecule has 2 nitrogen and oxygen atoms in total. The van der Waals surface area contributed by atoms with Gasteiger partial charge in [0.25, 0.3) is 0 Å². The van der Waals surface area contributed by atoms with Gasteiger partial charge in [-0.05, 0) is 43.8 Å². The molecule has 1 aliphatic heterocycles. The molecule has 2 heteroatoms. The maximum Gasteiger partial charge on any atom is 0.157 e. The lowest BCUT2D eigenvalue weighted by molar-refractivity contribution is 0.0585. The molecule has 92 valence electrons. The smallest absolute Gasteiger partial charge is 0.157 e. The number of hydrogen-bond donors (Lipinski definition) is 0. The molecule has 0 aliphatic carbocycles. The molecule has 0 aromatic rings. The summed E-state index contributed by atoms with van der Waals surface area (Å²) in [6.45, 7) is 10.1. The van der Waals surface area contributed by atoms with Gasteiger partial charge in [-0.2, -0.15) is 0 Å². The van der Waals surface area contributed by atoms with E-state index in [4.69, 9.17) is 9.47 Å². The number of hydrogen-bond acceptors (Lipinski definition) is 2. The molecular formula is C14H24O2. The van der Waals surface area contributed by atoms with Crippen LogP contribution in [0.15, 0.2) is 23.7 Å². The number of allylic oxidation sites excluding steroid dienone is 2. The molecule has 0 spiro atoms. The standard InChI is InChI=1S/C14H24O2/c1-5-13-14(16-9-8-15-13)7-6-12(4)10-11(2)3/h5,7,11-12H,6,8-10H2,1-4H3/b13-5+,14-7+. The quantitative estimate of drug-likeness (QED) is 0.721. The predicted octanol–water partition coefficient (Wildman–Crippen LogP) is 3.89. The van der Waals surface area contributed by atoms with Gasteiger partial charge in [-0.25, -0.2) is 0 Å². The normalized spacial score (nSPS) is 23.3. The van der Waals surface area contributed by atoms with Crippen molar-refractivity contribution in [1.29, 1.82) is 0 Å². The fraction of sp³-hybridized carbons (Fsp3) is 0.714. The summed E-state index contributed by atoms with van der Waals surface area (Å²) in [5.74, 6) is 3.28. The molecule has 16 heavy (non-hydrogen) atoms. The number of ether oxygens (including phenoxy) is 2. The van der Waals surface area contributed by atoms with Gasteiger partial charge in [-0.15, -0.1) is 0 Å². The molecule has 1 unspecified atom stereocenters. The molecule has 0 saturated carbocycles. The van der Waals surface area contributed by atoms with E-state index in [0.29, 0.717) is 19.1 Å². The van der Waals surface area contributed by atoms with Gasteiger partial charge in [-0.1, -0.05) is 20.8 Å². The van der Waals surface area contributed by atoms with Crippen molar-refractivity contribution in [3.05, 3.63) is 23.7 Å². The molecule has 0 bridgehead atoms. The second kappa shape index (κ2) is 6.62. The number of rotatable bonds is 4. The van der Waals surface area contributed by atoms with E-state index >= 15 is 0 Å². The fourth-order valence-electron chi connectivity index (χ4n) is 2.04. The van der Waals surface area contributed by atoms with Crippen LogP contribution in [0, 0.1) is 11.8 Å². The fourth-order valence-corrected chi connectivity index (χ4v) is 2.04. The van der Waals surface area contributed by atoms with Crippen molar-refractivity contribution in [1.82, 2.24) is 0 Å². The molecule has 0 radical (unpaired) electrons. The molecule has 1 saturated heterocycles. The minimum Gasteiger partial charge on any atom is -0.487 e. The maximum absolute atomic E-state index is 5.60. The molecule has 1 fully saturated rings. The van der Waals surface area contributed by atoms with Gasteiger partial charge in [0.05, 0.1) is 0 Å². The van der Waals surface area contributed by atoms with Crippen LogP contribution in [-0.4, -0.2) is 13.2 Å². The van der Waals surface area contributed by atoms with Gasteiger partial charge in [0.2, 0.25) is 0 Å². The third-order valence-corrected chi connectivity index (χ3v) is 2.68. The van der Waals surface area contributed by atoms with E-state index in [1.54, 1.807) is 0 Å². The lowest BCUT2D eigenvalue weighted by Gasteiger charge is -2.21. The highest BCUT2D eigenvalue weighted by molar-refractivity contribution is 5.20. The summed E-state index contributed by atoms with van der Waals surface area (Å²) >= 11 is 0. The average molecular weight is 224 g/mol. The topological polar surface area (TPSA) is 18.5 Å². The van der Waals surface area contributed by atoms with Crippen LogP contribution in [0.2, 0.25) is 0 Å². The lowest BCUT2D eigenvalue weighted by Crippen LogP contribution is -2.14. The highest BCUT2D eigenvalue weighted by atomic mass is 16.6. The summed E-state index contributed by atoms with van der Waals surface area (Å²) in [4.78, 5) is 0. The monoisotopic (exact) mass is 224 g/mol. The minimum absolute atomic E-state index is 0.665. The average Bonchev–Trinajstić information content (AvgIpc) is 2.26. The SMILES string of the molecule is C/C=C1/OCCO/C1=C/CC(C)CC(C)C. The summed E-state index contributed by atoms with van der Waals surface area (Å²) in [7, 11) is 0. The minimum atomic E-state index is 0.665. The highest BCUT2D eigenvalue weighted by Crippen LogP contribution is 2.21. The van der Waals surface area contributed by atoms with Crippen LogP contribution in [0.1, 0.15) is 40.5 Å². The first-order chi connectivity index (χ1) is 7.63. The van der Waals surface area contributed by atoms with E-state index in [1.165, 1.54) is 6.42 Å². The Morgan fingerprint density at radius 2 is 1.75 bits per heavy atom. The maximum atomic E-state index is 5.60. The second-order valence-corrected chi connectivity index (χ2v) is 4.89. The van der Waals surface area contributed by atoms with Crippen LogP contribution >= 0.6 is 0 Å². The summed E-state index contributed by atoms with van der Waals surface area (Å²) in [5.41, 5.74) is 0. The zero-order chi connectivity index (χ0) is 12.0. The lowest BCUT2D eigenvalue weighted by atomic mass is 9.96. The van der Waals surface area contributed by atoms with Crippen LogP contribution in [-0.2, 0) is 9.47 Å². The Kier molecular flexibility index (Phi) is 5.44. The predicted molar refractivity (Wildman–Crippen MR) is 67.0 cm³/mol. The molecule has 0 aromatic heterocycles. The van der Waals surface area contributed by atoms with Gasteiger partial charge < -0.3 is 9.47 Å². The second-order valence-electron chi connectivity index (χ2n) is 4.89. The van der Waals surface area contributed by atoms with Gasteiger partial charge >= 0.3 is 0 Å². The molecule has 1 atom stereocenters. The van der Waals surface area contributed by atoms with E-state index in [0.717, 1.165) is 23.9 Å². The molecule has 1 aliphatic rings. The van der Waals surface area contributed by atoms with Gasteiger partial charge in [0, 0.05) is 0 Å². The summed E-state index contributed by atoms with van der Waals surface area (Å²) in [6, 6.07) is 0. The van der Waals surface area contributed by atoms with Gasteiger partial charge in [-0.3, -0.25) is 0 Å². The third-order valence-electron chi connectivity index (χ3n) is 2.68. The first-order valence-corrected chi connectivity index (χ1v) is 6.26. The van der Waals surface area contributed by atoms with Crippen LogP contribution in [0.25, 0.3) is 0 Å². The molecule has 1 heterocycles. The van der Waals surface area contributed by atoms with Crippen LogP contribution in [0.3, 0.4) is 0 Å². The van der Waals surface area contributed by atoms with Gasteiger partial charge in [0.1, 0.15) is 13.2 Å². The Morgan fingerprint density at radius 1 is 1.12 bits per heavy atom. The van der Waals surface area contributed by atoms with Crippen molar-refractivity contribution in [2.24, 2.45) is 11.8 Å². The summed E-state index contributed by atoms with van der Waals surface area (Å²) in [6.07, 6.45) is 6.46. The summed E-state index contributed by atoms with van der Waals surface area (Å²) in [5, 5.41) is 0. The molecular weight excluding hydrogens is 200 g/mol. The molecule has 0 N–H and O–H groups in total. The third kappa shape index (κ3) is 4.30. The van der Waals surface area contributed by atoms with E-state index in [9.17, 15) is 0 Å². The van der Waals surface area contributed by atoms with Crippen LogP contribution in [0.5, 0.6) is 0 Å². The Morgan fingerprint density at radius 3 is 2.31 bits per heavy atom. The van der Waals surface area contributed by atoms with Crippen LogP contribution in [0.4, 0.5) is 0 Å². The van der Waals surface area contributed by atoms with Crippen LogP contribution < -0.4 is 0 Å². The molecule has 0 amide bonds. The zero-order valence-corrected chi connectivity index (χ0v) is 11.0. The largest absolute Gasteiger partial charge is 0.487 e. The van der Waals surface area contributed by atoms with E-state index in [2.05, 4.69) is 26.8 Å². The van der Waals surface area contributed by atoms with Crippen molar-refractivity contribution in [2.75, 3.05) is 13.2 Å². The molecule has 0 aromatic carbocycles. The molecule has 1 rings (SSSR count). The Labute approximate surface area is 99.3 Å². The van der Waals surface area contributed by atoms with E-state index in [-0.39, 0.29) is 0 Å². The van der Waals surface area contributed by atoms with Crippen molar-refractivity contribution in [3.8, 4) is 0 Å². The highest BCUT2D eigenvalue weighted by Gasteiger charge is 2.13. The Balaban J connectivity index is 2.48. The first-order valence-electron chi connectivity index (χ1n) is 6.26.